The fraction of sp³-hybridized carbons (Fsp3) is 0.300. The molecule has 2 heterocycles. The molecule has 4 rings (SSSR count). The van der Waals surface area contributed by atoms with E-state index < -0.39 is 5.97 Å². The highest BCUT2D eigenvalue weighted by Crippen LogP contribution is 2.43. The van der Waals surface area contributed by atoms with Gasteiger partial charge in [-0.15, -0.1) is 0 Å². The summed E-state index contributed by atoms with van der Waals surface area (Å²) in [4.78, 5) is 25.0. The zero-order chi connectivity index (χ0) is 17.9. The third-order valence-electron chi connectivity index (χ3n) is 4.53. The summed E-state index contributed by atoms with van der Waals surface area (Å²) in [6.07, 6.45) is -0.363. The molecule has 0 saturated carbocycles. The second-order valence-electron chi connectivity index (χ2n) is 6.26. The molecule has 0 aromatic heterocycles. The SMILES string of the molecule is O=C1C[C@@H]2[C@@H](COC(=O)c3ccccc3)OC(Sc3ccccc3)[C@@H]2O1. The number of hydrogen-bond donors (Lipinski definition) is 0. The maximum absolute atomic E-state index is 12.1. The fourth-order valence-corrected chi connectivity index (χ4v) is 4.43. The number of ether oxygens (including phenoxy) is 3. The van der Waals surface area contributed by atoms with Gasteiger partial charge in [0, 0.05) is 10.8 Å². The van der Waals surface area contributed by atoms with Crippen LogP contribution < -0.4 is 0 Å². The van der Waals surface area contributed by atoms with Crippen LogP contribution in [0, 0.1) is 5.92 Å². The van der Waals surface area contributed by atoms with E-state index in [1.54, 1.807) is 24.3 Å². The monoisotopic (exact) mass is 370 g/mol. The van der Waals surface area contributed by atoms with Crippen molar-refractivity contribution in [2.24, 2.45) is 5.92 Å². The molecule has 5 nitrogen and oxygen atoms in total. The van der Waals surface area contributed by atoms with Crippen LogP contribution in [0.5, 0.6) is 0 Å². The summed E-state index contributed by atoms with van der Waals surface area (Å²) in [5.41, 5.74) is 0.199. The number of thioether (sulfide) groups is 1. The van der Waals surface area contributed by atoms with Crippen molar-refractivity contribution in [3.63, 3.8) is 0 Å². The second-order valence-corrected chi connectivity index (χ2v) is 7.43. The van der Waals surface area contributed by atoms with Crippen molar-refractivity contribution in [2.45, 2.75) is 29.0 Å². The van der Waals surface area contributed by atoms with E-state index in [1.165, 1.54) is 11.8 Å². The lowest BCUT2D eigenvalue weighted by Gasteiger charge is -2.17. The van der Waals surface area contributed by atoms with Crippen LogP contribution in [0.4, 0.5) is 0 Å². The molecule has 2 saturated heterocycles. The van der Waals surface area contributed by atoms with Crippen molar-refractivity contribution in [1.82, 2.24) is 0 Å². The minimum Gasteiger partial charge on any atom is -0.459 e. The third-order valence-corrected chi connectivity index (χ3v) is 5.69. The van der Waals surface area contributed by atoms with Crippen molar-refractivity contribution in [3.05, 3.63) is 66.2 Å². The highest BCUT2D eigenvalue weighted by molar-refractivity contribution is 7.99. The molecule has 0 radical (unpaired) electrons. The molecule has 2 aliphatic heterocycles. The quantitative estimate of drug-likeness (QED) is 0.753. The molecule has 0 N–H and O–H groups in total. The van der Waals surface area contributed by atoms with Gasteiger partial charge in [0.2, 0.25) is 0 Å². The van der Waals surface area contributed by atoms with E-state index in [0.717, 1.165) is 4.90 Å². The van der Waals surface area contributed by atoms with Crippen LogP contribution in [-0.4, -0.2) is 36.2 Å². The number of rotatable bonds is 5. The van der Waals surface area contributed by atoms with Gasteiger partial charge in [0.25, 0.3) is 0 Å². The molecule has 6 heteroatoms. The number of carbonyl (C=O) groups excluding carboxylic acids is 2. The Morgan fingerprint density at radius 2 is 1.77 bits per heavy atom. The number of fused-ring (bicyclic) bond motifs is 1. The van der Waals surface area contributed by atoms with E-state index in [4.69, 9.17) is 14.2 Å². The summed E-state index contributed by atoms with van der Waals surface area (Å²) in [5, 5.41) is 0. The topological polar surface area (TPSA) is 61.8 Å². The van der Waals surface area contributed by atoms with Crippen molar-refractivity contribution >= 4 is 23.7 Å². The van der Waals surface area contributed by atoms with E-state index in [2.05, 4.69) is 0 Å². The molecular weight excluding hydrogens is 352 g/mol. The molecule has 0 aliphatic carbocycles. The van der Waals surface area contributed by atoms with Crippen LogP contribution in [-0.2, 0) is 19.0 Å². The van der Waals surface area contributed by atoms with Crippen LogP contribution in [0.3, 0.4) is 0 Å². The summed E-state index contributed by atoms with van der Waals surface area (Å²) < 4.78 is 17.0. The molecular formula is C20H18O5S. The van der Waals surface area contributed by atoms with E-state index in [1.807, 2.05) is 36.4 Å². The Labute approximate surface area is 155 Å². The van der Waals surface area contributed by atoms with Gasteiger partial charge in [0.1, 0.15) is 24.3 Å². The van der Waals surface area contributed by atoms with Crippen LogP contribution in [0.15, 0.2) is 65.6 Å². The van der Waals surface area contributed by atoms with Crippen molar-refractivity contribution in [2.75, 3.05) is 6.61 Å². The maximum atomic E-state index is 12.1. The van der Waals surface area contributed by atoms with Crippen molar-refractivity contribution in [1.29, 1.82) is 0 Å². The van der Waals surface area contributed by atoms with Gasteiger partial charge < -0.3 is 14.2 Å². The Morgan fingerprint density at radius 3 is 2.50 bits per heavy atom. The zero-order valence-electron chi connectivity index (χ0n) is 13.9. The molecule has 2 aromatic rings. The predicted octanol–water partition coefficient (Wildman–Crippen LogP) is 3.29. The van der Waals surface area contributed by atoms with E-state index in [9.17, 15) is 9.59 Å². The van der Waals surface area contributed by atoms with Gasteiger partial charge in [-0.2, -0.15) is 0 Å². The van der Waals surface area contributed by atoms with Gasteiger partial charge in [-0.25, -0.2) is 4.79 Å². The van der Waals surface area contributed by atoms with E-state index in [-0.39, 0.29) is 36.1 Å². The summed E-state index contributed by atoms with van der Waals surface area (Å²) in [6.45, 7) is 0.109. The van der Waals surface area contributed by atoms with Gasteiger partial charge in [0.15, 0.2) is 0 Å². The maximum Gasteiger partial charge on any atom is 0.338 e. The average molecular weight is 370 g/mol. The normalized spacial score (nSPS) is 27.0. The lowest BCUT2D eigenvalue weighted by molar-refractivity contribution is -0.143. The van der Waals surface area contributed by atoms with Gasteiger partial charge in [-0.1, -0.05) is 48.2 Å². The first kappa shape index (κ1) is 17.1. The first-order chi connectivity index (χ1) is 12.7. The number of esters is 2. The highest BCUT2D eigenvalue weighted by Gasteiger charge is 2.52. The van der Waals surface area contributed by atoms with Crippen LogP contribution >= 0.6 is 11.8 Å². The van der Waals surface area contributed by atoms with Crippen LogP contribution in [0.2, 0.25) is 0 Å². The predicted molar refractivity (Wildman–Crippen MR) is 95.7 cm³/mol. The molecule has 0 bridgehead atoms. The molecule has 4 atom stereocenters. The molecule has 0 amide bonds. The molecule has 0 spiro atoms. The summed E-state index contributed by atoms with van der Waals surface area (Å²) in [5.74, 6) is -0.705. The molecule has 134 valence electrons. The Balaban J connectivity index is 1.41. The van der Waals surface area contributed by atoms with Crippen molar-refractivity contribution < 1.29 is 23.8 Å². The molecule has 26 heavy (non-hydrogen) atoms. The van der Waals surface area contributed by atoms with Crippen LogP contribution in [0.25, 0.3) is 0 Å². The largest absolute Gasteiger partial charge is 0.459 e. The highest BCUT2D eigenvalue weighted by atomic mass is 32.2. The number of carbonyl (C=O) groups is 2. The molecule has 2 aliphatic rings. The zero-order valence-corrected chi connectivity index (χ0v) is 14.8. The van der Waals surface area contributed by atoms with Gasteiger partial charge in [-0.05, 0) is 24.3 Å². The Hall–Kier alpha value is -2.31. The minimum absolute atomic E-state index is 0.0905. The van der Waals surface area contributed by atoms with Gasteiger partial charge in [-0.3, -0.25) is 4.79 Å². The Morgan fingerprint density at radius 1 is 1.08 bits per heavy atom. The summed E-state index contributed by atoms with van der Waals surface area (Å²) in [6, 6.07) is 18.7. The van der Waals surface area contributed by atoms with E-state index >= 15 is 0 Å². The number of hydrogen-bond acceptors (Lipinski definition) is 6. The van der Waals surface area contributed by atoms with Gasteiger partial charge >= 0.3 is 11.9 Å². The first-order valence-corrected chi connectivity index (χ1v) is 9.37. The second kappa shape index (κ2) is 7.51. The minimum atomic E-state index is -0.393. The number of benzene rings is 2. The Bertz CT molecular complexity index is 779. The Kier molecular flexibility index (Phi) is 4.95. The first-order valence-electron chi connectivity index (χ1n) is 8.49. The van der Waals surface area contributed by atoms with Gasteiger partial charge in [0.05, 0.1) is 12.0 Å². The third kappa shape index (κ3) is 3.61. The smallest absolute Gasteiger partial charge is 0.338 e. The van der Waals surface area contributed by atoms with Crippen LogP contribution in [0.1, 0.15) is 16.8 Å². The van der Waals surface area contributed by atoms with Crippen molar-refractivity contribution in [3.8, 4) is 0 Å². The standard InChI is InChI=1S/C20H18O5S/c21-17-11-15-16(12-23-19(22)13-7-3-1-4-8-13)24-20(18(15)25-17)26-14-9-5-2-6-10-14/h1-10,15-16,18,20H,11-12H2/t15-,16-,18-,20?/m1/s1. The lowest BCUT2D eigenvalue weighted by atomic mass is 9.98. The lowest BCUT2D eigenvalue weighted by Crippen LogP contribution is -2.26. The molecule has 1 unspecified atom stereocenters. The fourth-order valence-electron chi connectivity index (χ4n) is 3.25. The molecule has 2 fully saturated rings. The average Bonchev–Trinajstić information content (AvgIpc) is 3.20. The van der Waals surface area contributed by atoms with E-state index in [0.29, 0.717) is 12.0 Å². The molecule has 2 aromatic carbocycles. The summed E-state index contributed by atoms with van der Waals surface area (Å²) in [7, 11) is 0. The summed E-state index contributed by atoms with van der Waals surface area (Å²) >= 11 is 1.52.